The fourth-order valence-electron chi connectivity index (χ4n) is 2.64. The van der Waals surface area contributed by atoms with Crippen LogP contribution in [0.4, 0.5) is 0 Å². The van der Waals surface area contributed by atoms with Crippen molar-refractivity contribution in [3.8, 4) is 11.5 Å². The number of carbonyl (C=O) groups is 2. The highest BCUT2D eigenvalue weighted by Gasteiger charge is 2.10. The Morgan fingerprint density at radius 2 is 1.47 bits per heavy atom. The van der Waals surface area contributed by atoms with E-state index < -0.39 is 5.97 Å². The van der Waals surface area contributed by atoms with Gasteiger partial charge in [-0.1, -0.05) is 42.5 Å². The van der Waals surface area contributed by atoms with Gasteiger partial charge >= 0.3 is 5.97 Å². The van der Waals surface area contributed by atoms with Crippen LogP contribution in [0.15, 0.2) is 78.9 Å². The van der Waals surface area contributed by atoms with E-state index in [0.29, 0.717) is 24.5 Å². The van der Waals surface area contributed by atoms with E-state index in [1.165, 1.54) is 0 Å². The number of hydrogen-bond acceptors (Lipinski definition) is 5. The van der Waals surface area contributed by atoms with Gasteiger partial charge in [-0.15, -0.1) is 0 Å². The van der Waals surface area contributed by atoms with Crippen molar-refractivity contribution in [1.29, 1.82) is 0 Å². The van der Waals surface area contributed by atoms with Gasteiger partial charge in [0.05, 0.1) is 12.7 Å². The molecule has 0 aliphatic heterocycles. The van der Waals surface area contributed by atoms with Crippen molar-refractivity contribution < 1.29 is 23.8 Å². The summed E-state index contributed by atoms with van der Waals surface area (Å²) in [5, 5.41) is 2.71. The number of benzene rings is 3. The molecule has 0 spiro atoms. The van der Waals surface area contributed by atoms with Crippen LogP contribution in [-0.2, 0) is 22.7 Å². The zero-order valence-corrected chi connectivity index (χ0v) is 16.7. The first-order valence-corrected chi connectivity index (χ1v) is 9.47. The highest BCUT2D eigenvalue weighted by atomic mass is 16.5. The van der Waals surface area contributed by atoms with Crippen LogP contribution in [0.5, 0.6) is 11.5 Å². The molecular formula is C24H23NO5. The Labute approximate surface area is 175 Å². The number of amides is 1. The number of nitrogens with one attached hydrogen (secondary N) is 1. The molecule has 3 aromatic carbocycles. The zero-order chi connectivity index (χ0) is 21.2. The minimum atomic E-state index is -0.566. The number of ether oxygens (including phenoxy) is 3. The number of hydrogen-bond donors (Lipinski definition) is 1. The average Bonchev–Trinajstić information content (AvgIpc) is 2.81. The molecule has 0 fully saturated rings. The number of rotatable bonds is 9. The first-order valence-electron chi connectivity index (χ1n) is 9.47. The van der Waals surface area contributed by atoms with Gasteiger partial charge in [0.1, 0.15) is 18.1 Å². The molecule has 1 N–H and O–H groups in total. The maximum absolute atomic E-state index is 12.1. The summed E-state index contributed by atoms with van der Waals surface area (Å²) in [6, 6.07) is 23.8. The molecule has 0 radical (unpaired) electrons. The van der Waals surface area contributed by atoms with Gasteiger partial charge in [0.15, 0.2) is 6.61 Å². The Morgan fingerprint density at radius 3 is 2.13 bits per heavy atom. The minimum Gasteiger partial charge on any atom is -0.497 e. The predicted molar refractivity (Wildman–Crippen MR) is 112 cm³/mol. The van der Waals surface area contributed by atoms with Gasteiger partial charge in [-0.25, -0.2) is 4.79 Å². The number of methoxy groups -OCH3 is 1. The van der Waals surface area contributed by atoms with Crippen LogP contribution in [0.3, 0.4) is 0 Å². The third-order valence-electron chi connectivity index (χ3n) is 4.32. The Bertz CT molecular complexity index is 953. The first-order chi connectivity index (χ1) is 14.6. The highest BCUT2D eigenvalue weighted by molar-refractivity contribution is 5.91. The molecular weight excluding hydrogens is 382 g/mol. The van der Waals surface area contributed by atoms with Crippen molar-refractivity contribution in [3.63, 3.8) is 0 Å². The largest absolute Gasteiger partial charge is 0.497 e. The molecule has 0 bridgehead atoms. The van der Waals surface area contributed by atoms with Gasteiger partial charge in [-0.05, 0) is 47.5 Å². The third kappa shape index (κ3) is 6.38. The van der Waals surface area contributed by atoms with Gasteiger partial charge in [0.2, 0.25) is 0 Å². The van der Waals surface area contributed by atoms with E-state index in [-0.39, 0.29) is 12.5 Å². The van der Waals surface area contributed by atoms with Crippen LogP contribution >= 0.6 is 0 Å². The van der Waals surface area contributed by atoms with Crippen LogP contribution in [0.2, 0.25) is 0 Å². The summed E-state index contributed by atoms with van der Waals surface area (Å²) in [4.78, 5) is 24.0. The first kappa shape index (κ1) is 20.9. The van der Waals surface area contributed by atoms with E-state index in [1.807, 2.05) is 54.6 Å². The summed E-state index contributed by atoms with van der Waals surface area (Å²) in [7, 11) is 1.59. The van der Waals surface area contributed by atoms with E-state index in [4.69, 9.17) is 14.2 Å². The molecule has 0 aliphatic rings. The number of esters is 1. The molecule has 0 atom stereocenters. The van der Waals surface area contributed by atoms with Gasteiger partial charge in [-0.3, -0.25) is 4.79 Å². The zero-order valence-electron chi connectivity index (χ0n) is 16.7. The lowest BCUT2D eigenvalue weighted by Gasteiger charge is -2.09. The van der Waals surface area contributed by atoms with Crippen molar-refractivity contribution in [2.75, 3.05) is 13.7 Å². The molecule has 0 heterocycles. The van der Waals surface area contributed by atoms with Crippen LogP contribution in [-0.4, -0.2) is 25.6 Å². The van der Waals surface area contributed by atoms with Crippen molar-refractivity contribution in [1.82, 2.24) is 5.32 Å². The van der Waals surface area contributed by atoms with Crippen LogP contribution in [0.1, 0.15) is 21.5 Å². The lowest BCUT2D eigenvalue weighted by atomic mass is 10.2. The highest BCUT2D eigenvalue weighted by Crippen LogP contribution is 2.15. The minimum absolute atomic E-state index is 0.341. The Kier molecular flexibility index (Phi) is 7.44. The van der Waals surface area contributed by atoms with E-state index >= 15 is 0 Å². The molecule has 30 heavy (non-hydrogen) atoms. The summed E-state index contributed by atoms with van der Waals surface area (Å²) in [5.41, 5.74) is 2.33. The van der Waals surface area contributed by atoms with Crippen molar-refractivity contribution >= 4 is 11.9 Å². The molecule has 0 unspecified atom stereocenters. The standard InChI is InChI=1S/C24H23NO5/c1-28-21-11-7-18(8-12-21)15-25-23(26)17-30-24(27)20-9-13-22(14-10-20)29-16-19-5-3-2-4-6-19/h2-14H,15-17H2,1H3,(H,25,26). The van der Waals surface area contributed by atoms with Gasteiger partial charge < -0.3 is 19.5 Å². The topological polar surface area (TPSA) is 73.9 Å². The number of carbonyl (C=O) groups excluding carboxylic acids is 2. The van der Waals surface area contributed by atoms with Crippen LogP contribution < -0.4 is 14.8 Å². The van der Waals surface area contributed by atoms with E-state index in [9.17, 15) is 9.59 Å². The molecule has 6 nitrogen and oxygen atoms in total. The quantitative estimate of drug-likeness (QED) is 0.549. The Hall–Kier alpha value is -3.80. The summed E-state index contributed by atoms with van der Waals surface area (Å²) < 4.78 is 15.9. The Balaban J connectivity index is 1.40. The molecule has 6 heteroatoms. The lowest BCUT2D eigenvalue weighted by Crippen LogP contribution is -2.28. The molecule has 1 amide bonds. The normalized spacial score (nSPS) is 10.2. The molecule has 3 aromatic rings. The molecule has 154 valence electrons. The fraction of sp³-hybridized carbons (Fsp3) is 0.167. The molecule has 3 rings (SSSR count). The third-order valence-corrected chi connectivity index (χ3v) is 4.32. The average molecular weight is 405 g/mol. The second kappa shape index (κ2) is 10.7. The monoisotopic (exact) mass is 405 g/mol. The second-order valence-corrected chi connectivity index (χ2v) is 6.50. The van der Waals surface area contributed by atoms with Crippen molar-refractivity contribution in [2.45, 2.75) is 13.2 Å². The lowest BCUT2D eigenvalue weighted by molar-refractivity contribution is -0.124. The fourth-order valence-corrected chi connectivity index (χ4v) is 2.64. The molecule has 0 saturated heterocycles. The summed E-state index contributed by atoms with van der Waals surface area (Å²) >= 11 is 0. The van der Waals surface area contributed by atoms with Crippen LogP contribution in [0, 0.1) is 0 Å². The maximum atomic E-state index is 12.1. The SMILES string of the molecule is COc1ccc(CNC(=O)COC(=O)c2ccc(OCc3ccccc3)cc2)cc1. The van der Waals surface area contributed by atoms with E-state index in [0.717, 1.165) is 16.9 Å². The molecule has 0 aromatic heterocycles. The predicted octanol–water partition coefficient (Wildman–Crippen LogP) is 3.75. The van der Waals surface area contributed by atoms with Gasteiger partial charge in [-0.2, -0.15) is 0 Å². The summed E-state index contributed by atoms with van der Waals surface area (Å²) in [6.45, 7) is 0.439. The van der Waals surface area contributed by atoms with Crippen molar-refractivity contribution in [2.24, 2.45) is 0 Å². The van der Waals surface area contributed by atoms with Crippen molar-refractivity contribution in [3.05, 3.63) is 95.6 Å². The molecule has 0 saturated carbocycles. The smallest absolute Gasteiger partial charge is 0.338 e. The molecule has 0 aliphatic carbocycles. The summed E-state index contributed by atoms with van der Waals surface area (Å²) in [5.74, 6) is 0.453. The van der Waals surface area contributed by atoms with Gasteiger partial charge in [0, 0.05) is 6.54 Å². The maximum Gasteiger partial charge on any atom is 0.338 e. The Morgan fingerprint density at radius 1 is 0.800 bits per heavy atom. The van der Waals surface area contributed by atoms with E-state index in [2.05, 4.69) is 5.32 Å². The second-order valence-electron chi connectivity index (χ2n) is 6.50. The summed E-state index contributed by atoms with van der Waals surface area (Å²) in [6.07, 6.45) is 0. The van der Waals surface area contributed by atoms with E-state index in [1.54, 1.807) is 31.4 Å². The van der Waals surface area contributed by atoms with Crippen LogP contribution in [0.25, 0.3) is 0 Å². The van der Waals surface area contributed by atoms with Gasteiger partial charge in [0.25, 0.3) is 5.91 Å².